The van der Waals surface area contributed by atoms with Crippen LogP contribution in [0.25, 0.3) is 0 Å². The van der Waals surface area contributed by atoms with E-state index in [2.05, 4.69) is 31.1 Å². The SMILES string of the molecule is CCCNC(C)c1ncc(C2CCC(C)O2)o1. The zero-order chi connectivity index (χ0) is 12.3. The van der Waals surface area contributed by atoms with Gasteiger partial charge in [-0.2, -0.15) is 0 Å². The summed E-state index contributed by atoms with van der Waals surface area (Å²) in [6.07, 6.45) is 5.49. The van der Waals surface area contributed by atoms with Crippen LogP contribution in [0.4, 0.5) is 0 Å². The van der Waals surface area contributed by atoms with Gasteiger partial charge in [0.25, 0.3) is 0 Å². The minimum atomic E-state index is 0.102. The predicted molar refractivity (Wildman–Crippen MR) is 65.7 cm³/mol. The van der Waals surface area contributed by atoms with E-state index in [-0.39, 0.29) is 12.1 Å². The third-order valence-electron chi connectivity index (χ3n) is 3.16. The van der Waals surface area contributed by atoms with Gasteiger partial charge < -0.3 is 14.5 Å². The molecule has 3 atom stereocenters. The molecular weight excluding hydrogens is 216 g/mol. The molecule has 0 radical (unpaired) electrons. The molecule has 0 amide bonds. The van der Waals surface area contributed by atoms with E-state index in [0.29, 0.717) is 6.10 Å². The Kier molecular flexibility index (Phi) is 4.18. The minimum Gasteiger partial charge on any atom is -0.441 e. The average Bonchev–Trinajstić information content (AvgIpc) is 2.93. The maximum atomic E-state index is 5.78. The summed E-state index contributed by atoms with van der Waals surface area (Å²) in [5.74, 6) is 1.63. The third kappa shape index (κ3) is 3.07. The lowest BCUT2D eigenvalue weighted by molar-refractivity contribution is 0.0414. The Labute approximate surface area is 103 Å². The average molecular weight is 238 g/mol. The molecule has 1 fully saturated rings. The summed E-state index contributed by atoms with van der Waals surface area (Å²) in [7, 11) is 0. The topological polar surface area (TPSA) is 47.3 Å². The Morgan fingerprint density at radius 2 is 2.35 bits per heavy atom. The van der Waals surface area contributed by atoms with Gasteiger partial charge in [-0.15, -0.1) is 0 Å². The van der Waals surface area contributed by atoms with Crippen molar-refractivity contribution in [1.82, 2.24) is 10.3 Å². The van der Waals surface area contributed by atoms with Gasteiger partial charge in [0.15, 0.2) is 5.76 Å². The molecular formula is C13H22N2O2. The lowest BCUT2D eigenvalue weighted by Crippen LogP contribution is -2.19. The van der Waals surface area contributed by atoms with Crippen molar-refractivity contribution in [2.75, 3.05) is 6.54 Å². The Bertz CT molecular complexity index is 351. The lowest BCUT2D eigenvalue weighted by atomic mass is 10.2. The fraction of sp³-hybridized carbons (Fsp3) is 0.769. The Balaban J connectivity index is 1.95. The first-order valence-electron chi connectivity index (χ1n) is 6.55. The molecule has 1 aliphatic rings. The van der Waals surface area contributed by atoms with Gasteiger partial charge in [-0.1, -0.05) is 6.92 Å². The minimum absolute atomic E-state index is 0.102. The molecule has 1 aliphatic heterocycles. The Hall–Kier alpha value is -0.870. The molecule has 2 rings (SSSR count). The number of oxazole rings is 1. The van der Waals surface area contributed by atoms with E-state index >= 15 is 0 Å². The summed E-state index contributed by atoms with van der Waals surface area (Å²) in [6, 6.07) is 0.169. The maximum Gasteiger partial charge on any atom is 0.211 e. The quantitative estimate of drug-likeness (QED) is 0.856. The van der Waals surface area contributed by atoms with Crippen molar-refractivity contribution < 1.29 is 9.15 Å². The number of nitrogens with zero attached hydrogens (tertiary/aromatic N) is 1. The zero-order valence-corrected chi connectivity index (χ0v) is 10.9. The van der Waals surface area contributed by atoms with Crippen LogP contribution in [0, 0.1) is 0 Å². The van der Waals surface area contributed by atoms with E-state index in [1.165, 1.54) is 0 Å². The number of hydrogen-bond acceptors (Lipinski definition) is 4. The second-order valence-electron chi connectivity index (χ2n) is 4.79. The third-order valence-corrected chi connectivity index (χ3v) is 3.16. The van der Waals surface area contributed by atoms with Gasteiger partial charge in [0.05, 0.1) is 18.3 Å². The van der Waals surface area contributed by atoms with Crippen molar-refractivity contribution in [3.05, 3.63) is 17.8 Å². The van der Waals surface area contributed by atoms with Gasteiger partial charge in [0, 0.05) is 0 Å². The summed E-state index contributed by atoms with van der Waals surface area (Å²) in [4.78, 5) is 4.33. The Morgan fingerprint density at radius 1 is 1.53 bits per heavy atom. The fourth-order valence-electron chi connectivity index (χ4n) is 2.11. The lowest BCUT2D eigenvalue weighted by Gasteiger charge is -2.10. The van der Waals surface area contributed by atoms with Crippen molar-refractivity contribution in [3.8, 4) is 0 Å². The van der Waals surface area contributed by atoms with Crippen LogP contribution in [0.2, 0.25) is 0 Å². The van der Waals surface area contributed by atoms with Crippen molar-refractivity contribution in [2.24, 2.45) is 0 Å². The van der Waals surface area contributed by atoms with E-state index in [1.54, 1.807) is 0 Å². The second kappa shape index (κ2) is 5.65. The van der Waals surface area contributed by atoms with Crippen LogP contribution < -0.4 is 5.32 Å². The van der Waals surface area contributed by atoms with Crippen molar-refractivity contribution >= 4 is 0 Å². The molecule has 0 aliphatic carbocycles. The molecule has 0 saturated carbocycles. The molecule has 2 heterocycles. The summed E-state index contributed by atoms with van der Waals surface area (Å²) in [6.45, 7) is 7.30. The van der Waals surface area contributed by atoms with Crippen LogP contribution in [0.3, 0.4) is 0 Å². The van der Waals surface area contributed by atoms with Gasteiger partial charge in [-0.3, -0.25) is 0 Å². The molecule has 1 aromatic rings. The molecule has 96 valence electrons. The van der Waals surface area contributed by atoms with Crippen LogP contribution in [-0.4, -0.2) is 17.6 Å². The summed E-state index contributed by atoms with van der Waals surface area (Å²) < 4.78 is 11.5. The highest BCUT2D eigenvalue weighted by atomic mass is 16.5. The highest BCUT2D eigenvalue weighted by molar-refractivity contribution is 5.02. The van der Waals surface area contributed by atoms with E-state index in [1.807, 2.05) is 6.20 Å². The van der Waals surface area contributed by atoms with E-state index < -0.39 is 0 Å². The van der Waals surface area contributed by atoms with Crippen molar-refractivity contribution in [1.29, 1.82) is 0 Å². The van der Waals surface area contributed by atoms with Crippen LogP contribution in [0.5, 0.6) is 0 Å². The first-order valence-corrected chi connectivity index (χ1v) is 6.55. The monoisotopic (exact) mass is 238 g/mol. The number of ether oxygens (including phenoxy) is 1. The number of nitrogens with one attached hydrogen (secondary N) is 1. The van der Waals surface area contributed by atoms with E-state index in [0.717, 1.165) is 37.5 Å². The number of hydrogen-bond donors (Lipinski definition) is 1. The van der Waals surface area contributed by atoms with E-state index in [4.69, 9.17) is 9.15 Å². The van der Waals surface area contributed by atoms with Gasteiger partial charge in [-0.25, -0.2) is 4.98 Å². The summed E-state index contributed by atoms with van der Waals surface area (Å²) in [5.41, 5.74) is 0. The van der Waals surface area contributed by atoms with E-state index in [9.17, 15) is 0 Å². The smallest absolute Gasteiger partial charge is 0.211 e. The summed E-state index contributed by atoms with van der Waals surface area (Å²) in [5, 5.41) is 3.36. The highest BCUT2D eigenvalue weighted by Gasteiger charge is 2.27. The molecule has 17 heavy (non-hydrogen) atoms. The van der Waals surface area contributed by atoms with Gasteiger partial charge >= 0.3 is 0 Å². The summed E-state index contributed by atoms with van der Waals surface area (Å²) >= 11 is 0. The molecule has 3 unspecified atom stereocenters. The molecule has 0 spiro atoms. The first-order chi connectivity index (χ1) is 8.20. The van der Waals surface area contributed by atoms with Crippen LogP contribution in [-0.2, 0) is 4.74 Å². The largest absolute Gasteiger partial charge is 0.441 e. The molecule has 4 heteroatoms. The number of aromatic nitrogens is 1. The Morgan fingerprint density at radius 3 is 3.00 bits per heavy atom. The highest BCUT2D eigenvalue weighted by Crippen LogP contribution is 2.33. The van der Waals surface area contributed by atoms with Crippen molar-refractivity contribution in [2.45, 2.75) is 58.3 Å². The van der Waals surface area contributed by atoms with Crippen LogP contribution >= 0.6 is 0 Å². The molecule has 1 saturated heterocycles. The molecule has 0 aromatic carbocycles. The molecule has 0 bridgehead atoms. The predicted octanol–water partition coefficient (Wildman–Crippen LogP) is 2.98. The first kappa shape index (κ1) is 12.6. The van der Waals surface area contributed by atoms with Crippen molar-refractivity contribution in [3.63, 3.8) is 0 Å². The number of rotatable bonds is 5. The zero-order valence-electron chi connectivity index (χ0n) is 10.9. The molecule has 1 N–H and O–H groups in total. The molecule has 4 nitrogen and oxygen atoms in total. The normalized spacial score (nSPS) is 26.3. The second-order valence-corrected chi connectivity index (χ2v) is 4.79. The maximum absolute atomic E-state index is 5.78. The van der Waals surface area contributed by atoms with Gasteiger partial charge in [-0.05, 0) is 39.7 Å². The standard InChI is InChI=1S/C13H22N2O2/c1-4-7-14-10(3)13-15-8-12(17-13)11-6-5-9(2)16-11/h8-11,14H,4-7H2,1-3H3. The van der Waals surface area contributed by atoms with Gasteiger partial charge in [0.2, 0.25) is 5.89 Å². The fourth-order valence-corrected chi connectivity index (χ4v) is 2.11. The van der Waals surface area contributed by atoms with Crippen LogP contribution in [0.1, 0.15) is 63.8 Å². The van der Waals surface area contributed by atoms with Crippen LogP contribution in [0.15, 0.2) is 10.6 Å². The molecule has 1 aromatic heterocycles. The van der Waals surface area contributed by atoms with Gasteiger partial charge in [0.1, 0.15) is 6.10 Å².